The van der Waals surface area contributed by atoms with E-state index in [1.165, 1.54) is 22.9 Å². The van der Waals surface area contributed by atoms with Crippen LogP contribution in [0.4, 0.5) is 0 Å². The number of carbonyl (C=O) groups is 1. The van der Waals surface area contributed by atoms with Crippen LogP contribution in [-0.2, 0) is 6.54 Å². The Kier molecular flexibility index (Phi) is 5.48. The van der Waals surface area contributed by atoms with Gasteiger partial charge in [-0.05, 0) is 29.9 Å². The summed E-state index contributed by atoms with van der Waals surface area (Å²) in [4.78, 5) is 23.2. The van der Waals surface area contributed by atoms with Gasteiger partial charge in [0.2, 0.25) is 0 Å². The predicted molar refractivity (Wildman–Crippen MR) is 93.6 cm³/mol. The maximum absolute atomic E-state index is 12.0. The standard InChI is InChI=1S/C13H11ClN4O3S2/c14-10-9(5-16-17-12(15)22)23-13(21)18(10)6-7-2-1-3-8(4-7)11(19)20/h1-5H,6H2,(H,19,20)(H3,15,17,22)/b16-5-. The smallest absolute Gasteiger partial charge is 0.335 e. The van der Waals surface area contributed by atoms with Crippen molar-refractivity contribution in [2.45, 2.75) is 6.54 Å². The summed E-state index contributed by atoms with van der Waals surface area (Å²) in [6.07, 6.45) is 1.34. The molecular weight excluding hydrogens is 360 g/mol. The van der Waals surface area contributed by atoms with Gasteiger partial charge in [0, 0.05) is 0 Å². The van der Waals surface area contributed by atoms with Crippen LogP contribution in [0.25, 0.3) is 0 Å². The fourth-order valence-electron chi connectivity index (χ4n) is 1.76. The van der Waals surface area contributed by atoms with Crippen LogP contribution < -0.4 is 16.0 Å². The average Bonchev–Trinajstić information content (AvgIpc) is 2.75. The number of thiocarbonyl (C=S) groups is 1. The highest BCUT2D eigenvalue weighted by Crippen LogP contribution is 2.18. The molecule has 0 unspecified atom stereocenters. The van der Waals surface area contributed by atoms with Gasteiger partial charge in [-0.15, -0.1) is 0 Å². The zero-order valence-electron chi connectivity index (χ0n) is 11.5. The van der Waals surface area contributed by atoms with Gasteiger partial charge in [0.15, 0.2) is 5.11 Å². The van der Waals surface area contributed by atoms with Crippen LogP contribution in [0.2, 0.25) is 5.15 Å². The summed E-state index contributed by atoms with van der Waals surface area (Å²) in [6.45, 7) is 0.159. The van der Waals surface area contributed by atoms with Crippen LogP contribution in [0.5, 0.6) is 0 Å². The molecule has 2 aromatic rings. The number of nitrogens with one attached hydrogen (secondary N) is 1. The number of halogens is 1. The zero-order valence-corrected chi connectivity index (χ0v) is 13.9. The van der Waals surface area contributed by atoms with E-state index in [0.29, 0.717) is 10.4 Å². The fraction of sp³-hybridized carbons (Fsp3) is 0.0769. The molecule has 1 aromatic heterocycles. The molecule has 0 spiro atoms. The van der Waals surface area contributed by atoms with Gasteiger partial charge in [-0.3, -0.25) is 14.8 Å². The number of hydrazone groups is 1. The normalized spacial score (nSPS) is 10.8. The van der Waals surface area contributed by atoms with Crippen LogP contribution >= 0.6 is 35.2 Å². The number of aromatic nitrogens is 1. The number of benzene rings is 1. The minimum absolute atomic E-state index is 0.00497. The van der Waals surface area contributed by atoms with Gasteiger partial charge in [-0.1, -0.05) is 35.1 Å². The molecule has 0 aliphatic carbocycles. The Bertz CT molecular complexity index is 844. The minimum atomic E-state index is -1.03. The molecule has 1 aromatic carbocycles. The van der Waals surface area contributed by atoms with Crippen molar-refractivity contribution >= 4 is 52.5 Å². The van der Waals surface area contributed by atoms with E-state index in [1.807, 2.05) is 0 Å². The van der Waals surface area contributed by atoms with E-state index in [0.717, 1.165) is 11.3 Å². The summed E-state index contributed by atoms with van der Waals surface area (Å²) in [5, 5.41) is 12.9. The monoisotopic (exact) mass is 370 g/mol. The molecule has 0 saturated carbocycles. The molecule has 1 heterocycles. The lowest BCUT2D eigenvalue weighted by atomic mass is 10.1. The number of nitrogens with zero attached hydrogens (tertiary/aromatic N) is 2. The van der Waals surface area contributed by atoms with E-state index in [-0.39, 0.29) is 27.2 Å². The van der Waals surface area contributed by atoms with E-state index in [4.69, 9.17) is 22.4 Å². The third kappa shape index (κ3) is 4.38. The summed E-state index contributed by atoms with van der Waals surface area (Å²) < 4.78 is 1.33. The number of thiazole rings is 1. The topological polar surface area (TPSA) is 110 Å². The third-order valence-electron chi connectivity index (χ3n) is 2.73. The van der Waals surface area contributed by atoms with E-state index >= 15 is 0 Å². The van der Waals surface area contributed by atoms with Gasteiger partial charge in [0.1, 0.15) is 5.15 Å². The summed E-state index contributed by atoms with van der Waals surface area (Å²) >= 11 is 11.7. The van der Waals surface area contributed by atoms with Crippen molar-refractivity contribution in [3.05, 3.63) is 55.1 Å². The molecule has 0 fully saturated rings. The number of carboxylic acid groups (broad SMARTS) is 1. The summed E-state index contributed by atoms with van der Waals surface area (Å²) in [5.41, 5.74) is 8.39. The van der Waals surface area contributed by atoms with Crippen molar-refractivity contribution in [1.29, 1.82) is 0 Å². The molecule has 120 valence electrons. The first kappa shape index (κ1) is 17.1. The Morgan fingerprint density at radius 3 is 2.96 bits per heavy atom. The van der Waals surface area contributed by atoms with Crippen molar-refractivity contribution in [2.24, 2.45) is 10.8 Å². The Balaban J connectivity index is 2.27. The number of hydrogen-bond donors (Lipinski definition) is 3. The number of nitrogens with two attached hydrogens (primary N) is 1. The van der Waals surface area contributed by atoms with E-state index in [1.54, 1.807) is 12.1 Å². The predicted octanol–water partition coefficient (Wildman–Crippen LogP) is 1.48. The average molecular weight is 371 g/mol. The van der Waals surface area contributed by atoms with E-state index in [2.05, 4.69) is 22.7 Å². The van der Waals surface area contributed by atoms with E-state index in [9.17, 15) is 9.59 Å². The van der Waals surface area contributed by atoms with Crippen molar-refractivity contribution in [3.8, 4) is 0 Å². The zero-order chi connectivity index (χ0) is 17.0. The molecule has 0 radical (unpaired) electrons. The second-order valence-electron chi connectivity index (χ2n) is 4.35. The van der Waals surface area contributed by atoms with E-state index < -0.39 is 5.97 Å². The maximum atomic E-state index is 12.0. The maximum Gasteiger partial charge on any atom is 0.335 e. The lowest BCUT2D eigenvalue weighted by Crippen LogP contribution is -2.23. The van der Waals surface area contributed by atoms with Crippen molar-refractivity contribution in [1.82, 2.24) is 9.99 Å². The van der Waals surface area contributed by atoms with Gasteiger partial charge >= 0.3 is 10.8 Å². The fourth-order valence-corrected chi connectivity index (χ4v) is 2.92. The number of aromatic carboxylic acids is 1. The molecule has 10 heteroatoms. The van der Waals surface area contributed by atoms with Crippen molar-refractivity contribution in [3.63, 3.8) is 0 Å². The number of rotatable bonds is 5. The van der Waals surface area contributed by atoms with Crippen LogP contribution in [0.1, 0.15) is 20.8 Å². The summed E-state index contributed by atoms with van der Waals surface area (Å²) in [5.74, 6) is -1.03. The molecule has 0 aliphatic rings. The first-order chi connectivity index (χ1) is 10.9. The van der Waals surface area contributed by atoms with Gasteiger partial charge < -0.3 is 10.8 Å². The quantitative estimate of drug-likeness (QED) is 0.418. The molecule has 0 aliphatic heterocycles. The second-order valence-corrected chi connectivity index (χ2v) is 6.14. The Hall–Kier alpha value is -2.23. The Labute approximate surface area is 145 Å². The lowest BCUT2D eigenvalue weighted by Gasteiger charge is -2.05. The molecule has 0 saturated heterocycles. The molecule has 4 N–H and O–H groups in total. The van der Waals surface area contributed by atoms with Gasteiger partial charge in [0.05, 0.1) is 23.2 Å². The number of carboxylic acids is 1. The van der Waals surface area contributed by atoms with Gasteiger partial charge in [-0.25, -0.2) is 4.79 Å². The van der Waals surface area contributed by atoms with Crippen LogP contribution in [0, 0.1) is 0 Å². The SMILES string of the molecule is NC(=S)N/N=C\c1sc(=O)n(Cc2cccc(C(=O)O)c2)c1Cl. The largest absolute Gasteiger partial charge is 0.478 e. The molecule has 2 rings (SSSR count). The minimum Gasteiger partial charge on any atom is -0.478 e. The Morgan fingerprint density at radius 1 is 1.57 bits per heavy atom. The summed E-state index contributed by atoms with van der Waals surface area (Å²) in [7, 11) is 0. The van der Waals surface area contributed by atoms with Crippen LogP contribution in [0.3, 0.4) is 0 Å². The highest BCUT2D eigenvalue weighted by molar-refractivity contribution is 7.80. The second kappa shape index (κ2) is 7.36. The van der Waals surface area contributed by atoms with Crippen molar-refractivity contribution in [2.75, 3.05) is 0 Å². The van der Waals surface area contributed by atoms with Crippen LogP contribution in [0.15, 0.2) is 34.2 Å². The molecule has 0 amide bonds. The first-order valence-corrected chi connectivity index (χ1v) is 7.78. The molecule has 23 heavy (non-hydrogen) atoms. The number of hydrogen-bond acceptors (Lipinski definition) is 5. The first-order valence-electron chi connectivity index (χ1n) is 6.18. The van der Waals surface area contributed by atoms with Crippen molar-refractivity contribution < 1.29 is 9.90 Å². The molecule has 0 atom stereocenters. The summed E-state index contributed by atoms with van der Waals surface area (Å²) in [6, 6.07) is 6.29. The third-order valence-corrected chi connectivity index (χ3v) is 4.25. The molecular formula is C13H11ClN4O3S2. The van der Waals surface area contributed by atoms with Crippen LogP contribution in [-0.4, -0.2) is 27.0 Å². The highest BCUT2D eigenvalue weighted by atomic mass is 35.5. The lowest BCUT2D eigenvalue weighted by molar-refractivity contribution is 0.0696. The molecule has 0 bridgehead atoms. The van der Waals surface area contributed by atoms with Gasteiger partial charge in [0.25, 0.3) is 0 Å². The Morgan fingerprint density at radius 2 is 2.30 bits per heavy atom. The molecule has 7 nitrogen and oxygen atoms in total. The van der Waals surface area contributed by atoms with Gasteiger partial charge in [-0.2, -0.15) is 5.10 Å². The highest BCUT2D eigenvalue weighted by Gasteiger charge is 2.13.